The quantitative estimate of drug-likeness (QED) is 0.679. The maximum absolute atomic E-state index is 5.84. The normalized spacial score (nSPS) is 10.9. The monoisotopic (exact) mass is 244 g/mol. The predicted molar refractivity (Wildman–Crippen MR) is 53.7 cm³/mol. The van der Waals surface area contributed by atoms with Crippen molar-refractivity contribution < 1.29 is 4.42 Å². The van der Waals surface area contributed by atoms with Gasteiger partial charge < -0.3 is 4.42 Å². The summed E-state index contributed by atoms with van der Waals surface area (Å²) in [6.07, 6.45) is 0. The van der Waals surface area contributed by atoms with Crippen LogP contribution in [0.2, 0.25) is 5.02 Å². The fourth-order valence-electron chi connectivity index (χ4n) is 1.16. The van der Waals surface area contributed by atoms with Crippen molar-refractivity contribution in [3.63, 3.8) is 0 Å². The summed E-state index contributed by atoms with van der Waals surface area (Å²) in [5, 5.41) is 1.75. The number of benzene rings is 1. The number of hydrogen-bond acceptors (Lipinski definition) is 1. The summed E-state index contributed by atoms with van der Waals surface area (Å²) in [4.78, 5) is 0. The lowest BCUT2D eigenvalue weighted by atomic mass is 10.2. The van der Waals surface area contributed by atoms with Crippen LogP contribution < -0.4 is 0 Å². The van der Waals surface area contributed by atoms with Gasteiger partial charge in [-0.15, -0.1) is 0 Å². The summed E-state index contributed by atoms with van der Waals surface area (Å²) in [5.41, 5.74) is 0.865. The van der Waals surface area contributed by atoms with Crippen molar-refractivity contribution in [2.75, 3.05) is 0 Å². The molecule has 1 aromatic carbocycles. The summed E-state index contributed by atoms with van der Waals surface area (Å²) < 4.78 is 6.43. The van der Waals surface area contributed by atoms with Gasteiger partial charge in [-0.3, -0.25) is 0 Å². The first kappa shape index (κ1) is 8.14. The van der Waals surface area contributed by atoms with Crippen molar-refractivity contribution >= 4 is 38.5 Å². The number of fused-ring (bicyclic) bond motifs is 1. The van der Waals surface area contributed by atoms with Crippen LogP contribution in [-0.4, -0.2) is 0 Å². The van der Waals surface area contributed by atoms with Gasteiger partial charge in [-0.05, 0) is 41.1 Å². The summed E-state index contributed by atoms with van der Waals surface area (Å²) in [7, 11) is 0. The number of halogens is 2. The molecule has 0 amide bonds. The van der Waals surface area contributed by atoms with Crippen LogP contribution >= 0.6 is 27.5 Å². The Hall–Kier alpha value is -0.470. The molecule has 0 N–H and O–H groups in total. The fraction of sp³-hybridized carbons (Fsp3) is 0.111. The third kappa shape index (κ3) is 1.15. The Morgan fingerprint density at radius 3 is 2.92 bits per heavy atom. The van der Waals surface area contributed by atoms with E-state index in [4.69, 9.17) is 16.0 Å². The van der Waals surface area contributed by atoms with Crippen LogP contribution in [0.4, 0.5) is 0 Å². The summed E-state index contributed by atoms with van der Waals surface area (Å²) in [6, 6.07) is 5.58. The molecule has 0 fully saturated rings. The molecule has 2 aromatic rings. The van der Waals surface area contributed by atoms with E-state index in [-0.39, 0.29) is 0 Å². The predicted octanol–water partition coefficient (Wildman–Crippen LogP) is 4.16. The van der Waals surface area contributed by atoms with Gasteiger partial charge in [-0.25, -0.2) is 0 Å². The number of furan rings is 1. The zero-order valence-corrected chi connectivity index (χ0v) is 8.74. The van der Waals surface area contributed by atoms with E-state index in [0.717, 1.165) is 26.2 Å². The maximum atomic E-state index is 5.84. The molecule has 0 aliphatic carbocycles. The summed E-state index contributed by atoms with van der Waals surface area (Å²) in [6.45, 7) is 1.91. The summed E-state index contributed by atoms with van der Waals surface area (Å²) >= 11 is 9.27. The van der Waals surface area contributed by atoms with E-state index in [0.29, 0.717) is 0 Å². The van der Waals surface area contributed by atoms with Crippen LogP contribution in [0, 0.1) is 6.92 Å². The number of hydrogen-bond donors (Lipinski definition) is 0. The Kier molecular flexibility index (Phi) is 1.89. The molecule has 0 atom stereocenters. The van der Waals surface area contributed by atoms with Crippen molar-refractivity contribution in [2.24, 2.45) is 0 Å². The van der Waals surface area contributed by atoms with Crippen molar-refractivity contribution in [2.45, 2.75) is 6.92 Å². The first-order valence-corrected chi connectivity index (χ1v) is 4.70. The lowest BCUT2D eigenvalue weighted by molar-refractivity contribution is 0.576. The molecule has 2 rings (SSSR count). The minimum Gasteiger partial charge on any atom is -0.460 e. The Labute approximate surface area is 83.4 Å². The molecule has 0 spiro atoms. The minimum atomic E-state index is 0.726. The molecule has 0 unspecified atom stereocenters. The van der Waals surface area contributed by atoms with E-state index < -0.39 is 0 Å². The highest BCUT2D eigenvalue weighted by molar-refractivity contribution is 9.10. The molecule has 1 heterocycles. The Morgan fingerprint density at radius 2 is 2.17 bits per heavy atom. The lowest BCUT2D eigenvalue weighted by Crippen LogP contribution is -1.65. The first-order chi connectivity index (χ1) is 5.68. The van der Waals surface area contributed by atoms with Crippen LogP contribution in [0.1, 0.15) is 5.76 Å². The molecule has 0 saturated heterocycles. The van der Waals surface area contributed by atoms with Crippen molar-refractivity contribution in [3.05, 3.63) is 33.5 Å². The minimum absolute atomic E-state index is 0.726. The SMILES string of the molecule is Cc1oc2ccc(Cl)cc2c1Br. The highest BCUT2D eigenvalue weighted by Crippen LogP contribution is 2.31. The van der Waals surface area contributed by atoms with E-state index >= 15 is 0 Å². The largest absolute Gasteiger partial charge is 0.460 e. The molecule has 12 heavy (non-hydrogen) atoms. The smallest absolute Gasteiger partial charge is 0.135 e. The Balaban J connectivity index is 2.88. The highest BCUT2D eigenvalue weighted by Gasteiger charge is 2.07. The van der Waals surface area contributed by atoms with Gasteiger partial charge in [0.05, 0.1) is 4.47 Å². The van der Waals surface area contributed by atoms with Gasteiger partial charge in [0.1, 0.15) is 11.3 Å². The molecule has 3 heteroatoms. The molecular weight excluding hydrogens is 239 g/mol. The second kappa shape index (κ2) is 2.79. The van der Waals surface area contributed by atoms with Gasteiger partial charge >= 0.3 is 0 Å². The van der Waals surface area contributed by atoms with Crippen molar-refractivity contribution in [1.29, 1.82) is 0 Å². The number of rotatable bonds is 0. The van der Waals surface area contributed by atoms with Crippen LogP contribution in [0.25, 0.3) is 11.0 Å². The van der Waals surface area contributed by atoms with Gasteiger partial charge in [0.25, 0.3) is 0 Å². The fourth-order valence-corrected chi connectivity index (χ4v) is 1.73. The third-order valence-corrected chi connectivity index (χ3v) is 2.97. The molecular formula is C9H6BrClO. The van der Waals surface area contributed by atoms with E-state index in [2.05, 4.69) is 15.9 Å². The molecule has 1 nitrogen and oxygen atoms in total. The second-order valence-corrected chi connectivity index (χ2v) is 3.84. The van der Waals surface area contributed by atoms with Gasteiger partial charge in [-0.1, -0.05) is 11.6 Å². The third-order valence-electron chi connectivity index (χ3n) is 1.75. The van der Waals surface area contributed by atoms with Crippen LogP contribution in [0.5, 0.6) is 0 Å². The topological polar surface area (TPSA) is 13.1 Å². The zero-order chi connectivity index (χ0) is 8.72. The number of aryl methyl sites for hydroxylation is 1. The van der Waals surface area contributed by atoms with E-state index in [1.165, 1.54) is 0 Å². The standard InChI is InChI=1S/C9H6BrClO/c1-5-9(10)7-4-6(11)2-3-8(7)12-5/h2-4H,1H3. The average Bonchev–Trinajstić information content (AvgIpc) is 2.31. The summed E-state index contributed by atoms with van der Waals surface area (Å²) in [5.74, 6) is 0.882. The van der Waals surface area contributed by atoms with Gasteiger partial charge in [0, 0.05) is 10.4 Å². The second-order valence-electron chi connectivity index (χ2n) is 2.61. The zero-order valence-electron chi connectivity index (χ0n) is 6.40. The molecule has 0 aliphatic heterocycles. The molecule has 0 aliphatic rings. The highest BCUT2D eigenvalue weighted by atomic mass is 79.9. The molecule has 62 valence electrons. The molecule has 1 aromatic heterocycles. The van der Waals surface area contributed by atoms with E-state index in [1.807, 2.05) is 25.1 Å². The van der Waals surface area contributed by atoms with Crippen molar-refractivity contribution in [3.8, 4) is 0 Å². The lowest BCUT2D eigenvalue weighted by Gasteiger charge is -1.88. The van der Waals surface area contributed by atoms with Gasteiger partial charge in [0.15, 0.2) is 0 Å². The van der Waals surface area contributed by atoms with Crippen LogP contribution in [0.15, 0.2) is 27.1 Å². The Morgan fingerprint density at radius 1 is 1.42 bits per heavy atom. The molecule has 0 radical (unpaired) electrons. The first-order valence-electron chi connectivity index (χ1n) is 3.52. The van der Waals surface area contributed by atoms with Gasteiger partial charge in [0.2, 0.25) is 0 Å². The van der Waals surface area contributed by atoms with Crippen LogP contribution in [0.3, 0.4) is 0 Å². The average molecular weight is 246 g/mol. The molecule has 0 saturated carbocycles. The van der Waals surface area contributed by atoms with Gasteiger partial charge in [-0.2, -0.15) is 0 Å². The van der Waals surface area contributed by atoms with E-state index in [9.17, 15) is 0 Å². The van der Waals surface area contributed by atoms with Crippen molar-refractivity contribution in [1.82, 2.24) is 0 Å². The van der Waals surface area contributed by atoms with E-state index in [1.54, 1.807) is 0 Å². The Bertz CT molecular complexity index is 433. The molecule has 0 bridgehead atoms. The van der Waals surface area contributed by atoms with Crippen LogP contribution in [-0.2, 0) is 0 Å². The maximum Gasteiger partial charge on any atom is 0.135 e.